The molecule has 0 aliphatic carbocycles. The topological polar surface area (TPSA) is 52.1 Å². The van der Waals surface area contributed by atoms with Gasteiger partial charge in [-0.25, -0.2) is 4.98 Å². The first-order chi connectivity index (χ1) is 9.72. The monoisotopic (exact) mass is 268 g/mol. The Bertz CT molecular complexity index is 635. The average molecular weight is 268 g/mol. The van der Waals surface area contributed by atoms with Crippen LogP contribution in [0.3, 0.4) is 0 Å². The molecule has 0 N–H and O–H groups in total. The molecule has 4 nitrogen and oxygen atoms in total. The van der Waals surface area contributed by atoms with E-state index in [4.69, 9.17) is 4.74 Å². The van der Waals surface area contributed by atoms with Crippen molar-refractivity contribution >= 4 is 5.78 Å². The molecule has 2 aromatic rings. The van der Waals surface area contributed by atoms with Gasteiger partial charge in [0, 0.05) is 19.0 Å². The van der Waals surface area contributed by atoms with Crippen molar-refractivity contribution in [1.82, 2.24) is 9.97 Å². The summed E-state index contributed by atoms with van der Waals surface area (Å²) in [4.78, 5) is 20.3. The summed E-state index contributed by atoms with van der Waals surface area (Å²) in [5.74, 6) is 1.01. The maximum absolute atomic E-state index is 12.0. The van der Waals surface area contributed by atoms with Gasteiger partial charge in [0.2, 0.25) is 0 Å². The lowest BCUT2D eigenvalue weighted by atomic mass is 10.0. The van der Waals surface area contributed by atoms with Crippen molar-refractivity contribution in [3.63, 3.8) is 0 Å². The second kappa shape index (κ2) is 5.41. The Morgan fingerprint density at radius 3 is 3.00 bits per heavy atom. The van der Waals surface area contributed by atoms with Crippen molar-refractivity contribution in [1.29, 1.82) is 0 Å². The number of hydrogen-bond donors (Lipinski definition) is 0. The van der Waals surface area contributed by atoms with Gasteiger partial charge in [0.1, 0.15) is 11.4 Å². The van der Waals surface area contributed by atoms with E-state index in [0.29, 0.717) is 12.1 Å². The first kappa shape index (κ1) is 12.8. The number of rotatable bonds is 4. The van der Waals surface area contributed by atoms with Gasteiger partial charge in [-0.15, -0.1) is 0 Å². The van der Waals surface area contributed by atoms with Crippen LogP contribution in [0.15, 0.2) is 30.6 Å². The Hall–Kier alpha value is -2.23. The number of ketones is 1. The minimum Gasteiger partial charge on any atom is -0.493 e. The van der Waals surface area contributed by atoms with Crippen molar-refractivity contribution in [3.8, 4) is 5.75 Å². The van der Waals surface area contributed by atoms with Crippen LogP contribution >= 0.6 is 0 Å². The molecule has 1 aliphatic rings. The summed E-state index contributed by atoms with van der Waals surface area (Å²) in [5, 5.41) is 0. The maximum atomic E-state index is 12.0. The Kier molecular flexibility index (Phi) is 3.46. The van der Waals surface area contributed by atoms with E-state index < -0.39 is 0 Å². The molecule has 0 bridgehead atoms. The molecule has 0 radical (unpaired) electrons. The van der Waals surface area contributed by atoms with Gasteiger partial charge in [0.25, 0.3) is 0 Å². The lowest BCUT2D eigenvalue weighted by Gasteiger charge is -2.04. The molecule has 1 aromatic heterocycles. The molecule has 1 aromatic carbocycles. The van der Waals surface area contributed by atoms with Crippen LogP contribution in [0.4, 0.5) is 0 Å². The van der Waals surface area contributed by atoms with Crippen LogP contribution in [0.2, 0.25) is 0 Å². The number of Topliss-reactive ketones (excluding diaryl/α,β-unsaturated/α-hetero) is 1. The summed E-state index contributed by atoms with van der Waals surface area (Å²) in [5.41, 5.74) is 3.67. The van der Waals surface area contributed by atoms with E-state index in [0.717, 1.165) is 30.9 Å². The zero-order valence-corrected chi connectivity index (χ0v) is 11.4. The molecule has 0 fully saturated rings. The number of aryl methyl sites for hydroxylation is 2. The summed E-state index contributed by atoms with van der Waals surface area (Å²) < 4.78 is 5.47. The van der Waals surface area contributed by atoms with E-state index in [-0.39, 0.29) is 5.78 Å². The molecule has 2 heterocycles. The number of carbonyl (C=O) groups is 1. The van der Waals surface area contributed by atoms with Gasteiger partial charge < -0.3 is 4.74 Å². The Morgan fingerprint density at radius 1 is 1.30 bits per heavy atom. The molecule has 20 heavy (non-hydrogen) atoms. The Labute approximate surface area is 117 Å². The van der Waals surface area contributed by atoms with Crippen LogP contribution in [0, 0.1) is 6.92 Å². The Morgan fingerprint density at radius 2 is 2.20 bits per heavy atom. The second-order valence-electron chi connectivity index (χ2n) is 5.01. The van der Waals surface area contributed by atoms with Gasteiger partial charge in [-0.1, -0.05) is 12.1 Å². The number of aromatic nitrogens is 2. The highest BCUT2D eigenvalue weighted by Crippen LogP contribution is 2.26. The van der Waals surface area contributed by atoms with Crippen LogP contribution in [-0.4, -0.2) is 22.4 Å². The van der Waals surface area contributed by atoms with E-state index in [2.05, 4.69) is 16.0 Å². The predicted molar refractivity (Wildman–Crippen MR) is 75.1 cm³/mol. The van der Waals surface area contributed by atoms with Gasteiger partial charge >= 0.3 is 0 Å². The minimum absolute atomic E-state index is 0.0363. The van der Waals surface area contributed by atoms with Crippen molar-refractivity contribution in [3.05, 3.63) is 53.1 Å². The van der Waals surface area contributed by atoms with Crippen molar-refractivity contribution in [2.24, 2.45) is 0 Å². The summed E-state index contributed by atoms with van der Waals surface area (Å²) in [6.45, 7) is 2.62. The molecule has 0 amide bonds. The third kappa shape index (κ3) is 2.69. The molecular formula is C16H16N2O2. The average Bonchev–Trinajstić information content (AvgIpc) is 2.93. The van der Waals surface area contributed by atoms with Crippen LogP contribution in [-0.2, 0) is 12.8 Å². The SMILES string of the molecule is Cc1cnc(C(=O)CCc2ccc3c(c2)CCO3)cn1. The molecule has 0 unspecified atom stereocenters. The zero-order valence-electron chi connectivity index (χ0n) is 11.4. The molecule has 0 saturated heterocycles. The molecule has 1 aliphatic heterocycles. The normalized spacial score (nSPS) is 12.8. The first-order valence-electron chi connectivity index (χ1n) is 6.79. The van der Waals surface area contributed by atoms with Gasteiger partial charge in [0.15, 0.2) is 5.78 Å². The molecule has 4 heteroatoms. The molecule has 0 atom stereocenters. The molecule has 102 valence electrons. The predicted octanol–water partition coefficient (Wildman–Crippen LogP) is 2.54. The maximum Gasteiger partial charge on any atom is 0.183 e. The zero-order chi connectivity index (χ0) is 13.9. The van der Waals surface area contributed by atoms with E-state index in [1.165, 1.54) is 11.1 Å². The van der Waals surface area contributed by atoms with Crippen LogP contribution < -0.4 is 4.74 Å². The van der Waals surface area contributed by atoms with E-state index in [1.54, 1.807) is 12.4 Å². The highest BCUT2D eigenvalue weighted by molar-refractivity contribution is 5.94. The summed E-state index contributed by atoms with van der Waals surface area (Å²) >= 11 is 0. The fraction of sp³-hybridized carbons (Fsp3) is 0.312. The summed E-state index contributed by atoms with van der Waals surface area (Å²) in [7, 11) is 0. The largest absolute Gasteiger partial charge is 0.493 e. The quantitative estimate of drug-likeness (QED) is 0.800. The van der Waals surface area contributed by atoms with Crippen molar-refractivity contribution in [2.75, 3.05) is 6.61 Å². The van der Waals surface area contributed by atoms with E-state index >= 15 is 0 Å². The van der Waals surface area contributed by atoms with Gasteiger partial charge in [-0.05, 0) is 30.5 Å². The fourth-order valence-corrected chi connectivity index (χ4v) is 2.32. The third-order valence-electron chi connectivity index (χ3n) is 3.46. The number of hydrogen-bond acceptors (Lipinski definition) is 4. The number of ether oxygens (including phenoxy) is 1. The number of carbonyl (C=O) groups excluding carboxylic acids is 1. The Balaban J connectivity index is 1.64. The van der Waals surface area contributed by atoms with Crippen molar-refractivity contribution in [2.45, 2.75) is 26.2 Å². The van der Waals surface area contributed by atoms with Crippen LogP contribution in [0.1, 0.15) is 33.7 Å². The number of benzene rings is 1. The molecule has 0 spiro atoms. The third-order valence-corrected chi connectivity index (χ3v) is 3.46. The van der Waals surface area contributed by atoms with E-state index in [1.807, 2.05) is 19.1 Å². The number of nitrogens with zero attached hydrogens (tertiary/aromatic N) is 2. The minimum atomic E-state index is 0.0363. The molecule has 0 saturated carbocycles. The highest BCUT2D eigenvalue weighted by atomic mass is 16.5. The molecule has 3 rings (SSSR count). The summed E-state index contributed by atoms with van der Waals surface area (Å²) in [6, 6.07) is 6.16. The smallest absolute Gasteiger partial charge is 0.183 e. The molecular weight excluding hydrogens is 252 g/mol. The van der Waals surface area contributed by atoms with Crippen LogP contribution in [0.5, 0.6) is 5.75 Å². The van der Waals surface area contributed by atoms with Gasteiger partial charge in [-0.3, -0.25) is 9.78 Å². The van der Waals surface area contributed by atoms with Gasteiger partial charge in [-0.2, -0.15) is 0 Å². The number of fused-ring (bicyclic) bond motifs is 1. The van der Waals surface area contributed by atoms with Gasteiger partial charge in [0.05, 0.1) is 18.5 Å². The highest BCUT2D eigenvalue weighted by Gasteiger charge is 2.13. The van der Waals surface area contributed by atoms with Crippen molar-refractivity contribution < 1.29 is 9.53 Å². The lowest BCUT2D eigenvalue weighted by Crippen LogP contribution is -2.05. The second-order valence-corrected chi connectivity index (χ2v) is 5.01. The fourth-order valence-electron chi connectivity index (χ4n) is 2.32. The first-order valence-corrected chi connectivity index (χ1v) is 6.79. The lowest BCUT2D eigenvalue weighted by molar-refractivity contribution is 0.0977. The van der Waals surface area contributed by atoms with E-state index in [9.17, 15) is 4.79 Å². The summed E-state index contributed by atoms with van der Waals surface area (Å²) in [6.07, 6.45) is 5.31. The standard InChI is InChI=1S/C16H16N2O2/c1-11-9-18-14(10-17-11)15(19)4-2-12-3-5-16-13(8-12)6-7-20-16/h3,5,8-10H,2,4,6-7H2,1H3. The van der Waals surface area contributed by atoms with Crippen LogP contribution in [0.25, 0.3) is 0 Å².